The molecule has 4 aromatic rings. The van der Waals surface area contributed by atoms with Crippen molar-refractivity contribution in [1.29, 1.82) is 0 Å². The van der Waals surface area contributed by atoms with Crippen molar-refractivity contribution in [3.8, 4) is 0 Å². The Bertz CT molecular complexity index is 1180. The van der Waals surface area contributed by atoms with Crippen LogP contribution in [0.5, 0.6) is 0 Å². The van der Waals surface area contributed by atoms with Crippen LogP contribution in [0.1, 0.15) is 55.3 Å². The summed E-state index contributed by atoms with van der Waals surface area (Å²) in [5.41, 5.74) is 3.75. The summed E-state index contributed by atoms with van der Waals surface area (Å²) in [4.78, 5) is 5.32. The van der Waals surface area contributed by atoms with Crippen LogP contribution in [0.15, 0.2) is 113 Å². The van der Waals surface area contributed by atoms with E-state index in [1.165, 1.54) is 0 Å². The number of rotatable bonds is 8. The van der Waals surface area contributed by atoms with Gasteiger partial charge in [-0.25, -0.2) is 0 Å². The van der Waals surface area contributed by atoms with Crippen LogP contribution in [0, 0.1) is 0 Å². The van der Waals surface area contributed by atoms with Gasteiger partial charge in [-0.2, -0.15) is 0 Å². The Balaban J connectivity index is 1.91. The number of halogens is 1. The first-order chi connectivity index (χ1) is 16.8. The summed E-state index contributed by atoms with van der Waals surface area (Å²) in [5, 5.41) is 0.642. The first-order valence-corrected chi connectivity index (χ1v) is 13.0. The Morgan fingerprint density at radius 3 is 1.91 bits per heavy atom. The minimum Gasteiger partial charge on any atom is -0.598 e. The van der Waals surface area contributed by atoms with E-state index in [2.05, 4.69) is 4.72 Å². The minimum absolute atomic E-state index is 0.444. The van der Waals surface area contributed by atoms with Crippen LogP contribution < -0.4 is 4.72 Å². The Morgan fingerprint density at radius 1 is 0.857 bits per heavy atom. The van der Waals surface area contributed by atoms with Crippen LogP contribution >= 0.6 is 11.6 Å². The van der Waals surface area contributed by atoms with Gasteiger partial charge < -0.3 is 8.97 Å². The van der Waals surface area contributed by atoms with Gasteiger partial charge in [0.25, 0.3) is 0 Å². The maximum Gasteiger partial charge on any atom is 0.137 e. The lowest BCUT2D eigenvalue weighted by atomic mass is 9.96. The zero-order chi connectivity index (χ0) is 24.8. The lowest BCUT2D eigenvalue weighted by Crippen LogP contribution is -2.42. The number of aliphatic imine (C=N–C) groups is 1. The van der Waals surface area contributed by atoms with Gasteiger partial charge in [-0.05, 0) is 50.6 Å². The maximum absolute atomic E-state index is 13.3. The first kappa shape index (κ1) is 25.3. The molecule has 1 heterocycles. The fourth-order valence-electron chi connectivity index (χ4n) is 3.69. The number of hydrogen-bond acceptors (Lipinski definition) is 4. The predicted octanol–water partition coefficient (Wildman–Crippen LogP) is 7.30. The van der Waals surface area contributed by atoms with Gasteiger partial charge in [-0.15, -0.1) is 4.72 Å². The van der Waals surface area contributed by atoms with Gasteiger partial charge in [0.05, 0.1) is 12.0 Å². The zero-order valence-corrected chi connectivity index (χ0v) is 21.6. The number of nitrogens with zero attached hydrogens (tertiary/aromatic N) is 1. The molecule has 0 saturated carbocycles. The molecule has 6 heteroatoms. The second kappa shape index (κ2) is 11.3. The fourth-order valence-corrected chi connectivity index (χ4v) is 4.64. The van der Waals surface area contributed by atoms with E-state index < -0.39 is 28.2 Å². The van der Waals surface area contributed by atoms with Crippen LogP contribution in [-0.4, -0.2) is 15.0 Å². The minimum atomic E-state index is -1.36. The van der Waals surface area contributed by atoms with E-state index in [0.717, 1.165) is 22.4 Å². The molecule has 1 N–H and O–H groups in total. The molecule has 0 fully saturated rings. The summed E-state index contributed by atoms with van der Waals surface area (Å²) in [5.74, 6) is 0.659. The highest BCUT2D eigenvalue weighted by atomic mass is 35.5. The van der Waals surface area contributed by atoms with Crippen molar-refractivity contribution in [1.82, 2.24) is 4.72 Å². The Morgan fingerprint density at radius 2 is 1.43 bits per heavy atom. The van der Waals surface area contributed by atoms with Gasteiger partial charge in [0.1, 0.15) is 22.6 Å². The summed E-state index contributed by atoms with van der Waals surface area (Å²) >= 11 is 4.86. The third kappa shape index (κ3) is 6.44. The molecule has 0 aliphatic carbocycles. The van der Waals surface area contributed by atoms with Crippen molar-refractivity contribution in [3.63, 3.8) is 0 Å². The van der Waals surface area contributed by atoms with E-state index in [0.29, 0.717) is 10.8 Å². The van der Waals surface area contributed by atoms with Gasteiger partial charge in [0, 0.05) is 27.5 Å². The van der Waals surface area contributed by atoms with E-state index in [1.807, 2.05) is 118 Å². The maximum atomic E-state index is 13.3. The highest BCUT2D eigenvalue weighted by molar-refractivity contribution is 7.90. The monoisotopic (exact) mass is 504 g/mol. The fraction of sp³-hybridized carbons (Fsp3) is 0.207. The standard InChI is InChI=1S/C29H29ClN2O2S/c1-29(2,3)35(33)32-28(25-15-10-20-34-25)27(23-16-18-24(30)19-17-23)31-26(21-11-6-4-7-12-21)22-13-8-5-9-14-22/h4-20,27-28,32H,1-3H3/t27-,28+,35+/m0/s1. The predicted molar refractivity (Wildman–Crippen MR) is 145 cm³/mol. The van der Waals surface area contributed by atoms with Crippen LogP contribution in [-0.2, 0) is 11.4 Å². The molecule has 3 aromatic carbocycles. The molecular formula is C29H29ClN2O2S. The van der Waals surface area contributed by atoms with E-state index in [1.54, 1.807) is 6.26 Å². The van der Waals surface area contributed by atoms with Crippen LogP contribution in [0.3, 0.4) is 0 Å². The topological polar surface area (TPSA) is 60.6 Å². The Kier molecular flexibility index (Phi) is 8.14. The van der Waals surface area contributed by atoms with Gasteiger partial charge in [-0.3, -0.25) is 4.99 Å². The molecule has 3 atom stereocenters. The average molecular weight is 505 g/mol. The summed E-state index contributed by atoms with van der Waals surface area (Å²) in [6.45, 7) is 5.82. The zero-order valence-electron chi connectivity index (χ0n) is 20.0. The average Bonchev–Trinajstić information content (AvgIpc) is 3.39. The highest BCUT2D eigenvalue weighted by Crippen LogP contribution is 2.36. The molecule has 4 rings (SSSR count). The van der Waals surface area contributed by atoms with Crippen molar-refractivity contribution >= 4 is 28.7 Å². The number of furan rings is 1. The second-order valence-electron chi connectivity index (χ2n) is 9.20. The normalized spacial score (nSPS) is 14.2. The molecule has 0 saturated heterocycles. The van der Waals surface area contributed by atoms with Crippen molar-refractivity contribution in [2.24, 2.45) is 4.99 Å². The summed E-state index contributed by atoms with van der Waals surface area (Å²) in [6, 6.07) is 30.6. The van der Waals surface area contributed by atoms with E-state index in [-0.39, 0.29) is 0 Å². The van der Waals surface area contributed by atoms with Gasteiger partial charge in [0.2, 0.25) is 0 Å². The third-order valence-electron chi connectivity index (χ3n) is 5.53. The molecule has 0 aliphatic rings. The van der Waals surface area contributed by atoms with Crippen LogP contribution in [0.25, 0.3) is 0 Å². The molecule has 0 aliphatic heterocycles. The Labute approximate surface area is 215 Å². The van der Waals surface area contributed by atoms with Gasteiger partial charge in [0.15, 0.2) is 0 Å². The molecule has 4 nitrogen and oxygen atoms in total. The lowest BCUT2D eigenvalue weighted by Gasteiger charge is -2.30. The van der Waals surface area contributed by atoms with Crippen molar-refractivity contribution in [2.75, 3.05) is 0 Å². The summed E-state index contributed by atoms with van der Waals surface area (Å²) in [7, 11) is 0. The van der Waals surface area contributed by atoms with Crippen LogP contribution in [0.4, 0.5) is 0 Å². The highest BCUT2D eigenvalue weighted by Gasteiger charge is 2.36. The molecular weight excluding hydrogens is 476 g/mol. The van der Waals surface area contributed by atoms with Crippen molar-refractivity contribution in [2.45, 2.75) is 37.6 Å². The summed E-state index contributed by atoms with van der Waals surface area (Å²) < 4.78 is 22.0. The SMILES string of the molecule is CC(C)(C)[S@@+]([O-])N[C@H](c1ccco1)[C@@H](N=C(c1ccccc1)c1ccccc1)c1ccc(Cl)cc1. The van der Waals surface area contributed by atoms with E-state index in [4.69, 9.17) is 21.0 Å². The van der Waals surface area contributed by atoms with Gasteiger partial charge in [-0.1, -0.05) is 84.4 Å². The lowest BCUT2D eigenvalue weighted by molar-refractivity contribution is 0.400. The molecule has 0 unspecified atom stereocenters. The molecule has 0 radical (unpaired) electrons. The second-order valence-corrected chi connectivity index (χ2v) is 11.6. The van der Waals surface area contributed by atoms with Crippen molar-refractivity contribution in [3.05, 3.63) is 131 Å². The molecule has 0 spiro atoms. The molecule has 180 valence electrons. The van der Waals surface area contributed by atoms with E-state index in [9.17, 15) is 4.55 Å². The first-order valence-electron chi connectivity index (χ1n) is 11.5. The molecule has 0 bridgehead atoms. The van der Waals surface area contributed by atoms with Crippen molar-refractivity contribution < 1.29 is 8.97 Å². The van der Waals surface area contributed by atoms with Crippen LogP contribution in [0.2, 0.25) is 5.02 Å². The number of benzene rings is 3. The molecule has 35 heavy (non-hydrogen) atoms. The molecule has 0 amide bonds. The smallest absolute Gasteiger partial charge is 0.137 e. The Hall–Kier alpha value is -2.83. The summed E-state index contributed by atoms with van der Waals surface area (Å²) in [6.07, 6.45) is 1.63. The number of hydrogen-bond donors (Lipinski definition) is 1. The third-order valence-corrected chi connectivity index (χ3v) is 7.36. The van der Waals surface area contributed by atoms with Gasteiger partial charge >= 0.3 is 0 Å². The van der Waals surface area contributed by atoms with E-state index >= 15 is 0 Å². The number of nitrogens with one attached hydrogen (secondary N) is 1. The largest absolute Gasteiger partial charge is 0.598 e. The quantitative estimate of drug-likeness (QED) is 0.202. The molecule has 1 aromatic heterocycles.